The van der Waals surface area contributed by atoms with E-state index in [0.717, 1.165) is 56.9 Å². The van der Waals surface area contributed by atoms with E-state index in [4.69, 9.17) is 4.74 Å². The molecule has 0 spiro atoms. The van der Waals surface area contributed by atoms with Gasteiger partial charge < -0.3 is 19.5 Å². The van der Waals surface area contributed by atoms with Crippen LogP contribution in [0, 0.1) is 5.82 Å². The number of amides is 1. The molecule has 5 rings (SSSR count). The quantitative estimate of drug-likeness (QED) is 0.642. The van der Waals surface area contributed by atoms with Crippen molar-refractivity contribution in [2.45, 2.75) is 18.9 Å². The Kier molecular flexibility index (Phi) is 6.05. The van der Waals surface area contributed by atoms with E-state index in [1.807, 2.05) is 29.2 Å². The third kappa shape index (κ3) is 4.33. The zero-order valence-electron chi connectivity index (χ0n) is 18.8. The molecule has 1 N–H and O–H groups in total. The Morgan fingerprint density at radius 3 is 2.64 bits per heavy atom. The van der Waals surface area contributed by atoms with Gasteiger partial charge in [0.2, 0.25) is 0 Å². The second-order valence-corrected chi connectivity index (χ2v) is 8.68. The van der Waals surface area contributed by atoms with E-state index in [1.54, 1.807) is 19.4 Å². The van der Waals surface area contributed by atoms with Crippen molar-refractivity contribution >= 4 is 17.3 Å². The molecule has 1 unspecified atom stereocenters. The van der Waals surface area contributed by atoms with Crippen LogP contribution in [0.3, 0.4) is 0 Å². The van der Waals surface area contributed by atoms with Gasteiger partial charge >= 0.3 is 0 Å². The minimum Gasteiger partial charge on any atom is -0.494 e. The van der Waals surface area contributed by atoms with Crippen LogP contribution in [0.25, 0.3) is 0 Å². The van der Waals surface area contributed by atoms with Gasteiger partial charge in [-0.15, -0.1) is 0 Å². The molecule has 1 atom stereocenters. The first-order valence-electron chi connectivity index (χ1n) is 11.5. The van der Waals surface area contributed by atoms with Gasteiger partial charge in [0.15, 0.2) is 0 Å². The van der Waals surface area contributed by atoms with Crippen LogP contribution in [0.5, 0.6) is 5.75 Å². The lowest BCUT2D eigenvalue weighted by Crippen LogP contribution is -2.54. The Hall–Kier alpha value is -3.32. The number of methoxy groups -OCH3 is 1. The fourth-order valence-electron chi connectivity index (χ4n) is 5.03. The second kappa shape index (κ2) is 9.27. The number of halogens is 1. The third-order valence-corrected chi connectivity index (χ3v) is 6.73. The van der Waals surface area contributed by atoms with Crippen LogP contribution in [0.2, 0.25) is 0 Å². The fourth-order valence-corrected chi connectivity index (χ4v) is 5.03. The van der Waals surface area contributed by atoms with E-state index in [0.29, 0.717) is 11.4 Å². The first-order chi connectivity index (χ1) is 16.1. The fraction of sp³-hybridized carbons (Fsp3) is 0.346. The summed E-state index contributed by atoms with van der Waals surface area (Å²) in [5, 5.41) is 0. The molecule has 6 nitrogen and oxygen atoms in total. The number of anilines is 2. The molecule has 33 heavy (non-hydrogen) atoms. The van der Waals surface area contributed by atoms with Crippen molar-refractivity contribution in [3.63, 3.8) is 0 Å². The lowest BCUT2D eigenvalue weighted by molar-refractivity contribution is 0.0958. The van der Waals surface area contributed by atoms with Crippen molar-refractivity contribution < 1.29 is 13.9 Å². The van der Waals surface area contributed by atoms with Crippen molar-refractivity contribution in [3.8, 4) is 5.75 Å². The molecule has 1 amide bonds. The highest BCUT2D eigenvalue weighted by Gasteiger charge is 2.34. The summed E-state index contributed by atoms with van der Waals surface area (Å²) < 4.78 is 19.0. The number of rotatable bonds is 5. The molecule has 0 bridgehead atoms. The van der Waals surface area contributed by atoms with Crippen molar-refractivity contribution in [1.82, 2.24) is 9.88 Å². The first kappa shape index (κ1) is 21.5. The molecule has 3 aromatic rings. The average Bonchev–Trinajstić information content (AvgIpc) is 3.39. The lowest BCUT2D eigenvalue weighted by atomic mass is 9.94. The Morgan fingerprint density at radius 1 is 1.06 bits per heavy atom. The largest absolute Gasteiger partial charge is 0.494 e. The van der Waals surface area contributed by atoms with Crippen LogP contribution in [0.15, 0.2) is 60.8 Å². The summed E-state index contributed by atoms with van der Waals surface area (Å²) in [5.41, 5.74) is 3.78. The maximum atomic E-state index is 13.6. The van der Waals surface area contributed by atoms with Crippen LogP contribution in [0.1, 0.15) is 22.5 Å². The van der Waals surface area contributed by atoms with Crippen LogP contribution >= 0.6 is 0 Å². The predicted octanol–water partition coefficient (Wildman–Crippen LogP) is 3.95. The van der Waals surface area contributed by atoms with E-state index in [1.165, 1.54) is 17.7 Å². The smallest absolute Gasteiger partial charge is 0.274 e. The van der Waals surface area contributed by atoms with Crippen molar-refractivity contribution in [2.24, 2.45) is 0 Å². The number of nitrogens with zero attached hydrogens (tertiary/aromatic N) is 3. The summed E-state index contributed by atoms with van der Waals surface area (Å²) in [7, 11) is 1.57. The molecular weight excluding hydrogens is 419 g/mol. The predicted molar refractivity (Wildman–Crippen MR) is 128 cm³/mol. The number of ether oxygens (including phenoxy) is 1. The first-order valence-corrected chi connectivity index (χ1v) is 11.5. The molecule has 7 heteroatoms. The molecule has 3 heterocycles. The number of benzene rings is 2. The topological polar surface area (TPSA) is 51.8 Å². The van der Waals surface area contributed by atoms with E-state index in [9.17, 15) is 9.18 Å². The molecule has 2 aromatic carbocycles. The van der Waals surface area contributed by atoms with Gasteiger partial charge in [0.05, 0.1) is 18.8 Å². The van der Waals surface area contributed by atoms with Gasteiger partial charge in [-0.05, 0) is 48.7 Å². The molecule has 1 aromatic heterocycles. The van der Waals surface area contributed by atoms with Gasteiger partial charge in [0, 0.05) is 50.7 Å². The number of hydrogen-bond acceptors (Lipinski definition) is 4. The minimum atomic E-state index is -0.293. The zero-order chi connectivity index (χ0) is 22.8. The number of carbonyl (C=O) groups excluding carboxylic acids is 1. The normalized spacial score (nSPS) is 18.8. The average molecular weight is 449 g/mol. The number of hydrogen-bond donors (Lipinski definition) is 1. The molecule has 2 aliphatic heterocycles. The minimum absolute atomic E-state index is 0.0202. The number of aromatic nitrogens is 1. The Morgan fingerprint density at radius 2 is 1.88 bits per heavy atom. The standard InChI is InChI=1S/C26H29FN4O2/c1-33-25-17-20(27)9-11-24(25)30-15-13-29(14-16-30)18-21-10-8-19-5-2-3-7-23(19)31(21)26(32)22-6-4-12-28-22/h2-7,9,11-12,17,21,28H,8,10,13-16,18H2,1H3. The molecule has 172 valence electrons. The van der Waals surface area contributed by atoms with Crippen LogP contribution in [-0.4, -0.2) is 61.7 Å². The number of piperazine rings is 1. The van der Waals surface area contributed by atoms with Gasteiger partial charge in [-0.1, -0.05) is 18.2 Å². The molecule has 0 radical (unpaired) electrons. The summed E-state index contributed by atoms with van der Waals surface area (Å²) >= 11 is 0. The Labute approximate surface area is 193 Å². The van der Waals surface area contributed by atoms with Gasteiger partial charge in [0.25, 0.3) is 5.91 Å². The number of carbonyl (C=O) groups is 1. The Bertz CT molecular complexity index is 1110. The highest BCUT2D eigenvalue weighted by molar-refractivity contribution is 6.06. The molecule has 2 aliphatic rings. The van der Waals surface area contributed by atoms with Crippen molar-refractivity contribution in [1.29, 1.82) is 0 Å². The molecule has 0 saturated carbocycles. The SMILES string of the molecule is COc1cc(F)ccc1N1CCN(CC2CCc3ccccc3N2C(=O)c2ccc[nH]2)CC1. The summed E-state index contributed by atoms with van der Waals surface area (Å²) in [6, 6.07) is 16.7. The second-order valence-electron chi connectivity index (χ2n) is 8.68. The number of aromatic amines is 1. The third-order valence-electron chi connectivity index (χ3n) is 6.73. The maximum absolute atomic E-state index is 13.6. The maximum Gasteiger partial charge on any atom is 0.274 e. The van der Waals surface area contributed by atoms with E-state index in [2.05, 4.69) is 26.9 Å². The molecule has 0 aliphatic carbocycles. The van der Waals surface area contributed by atoms with Crippen LogP contribution in [0.4, 0.5) is 15.8 Å². The highest BCUT2D eigenvalue weighted by atomic mass is 19.1. The van der Waals surface area contributed by atoms with Crippen molar-refractivity contribution in [2.75, 3.05) is 49.6 Å². The molecule has 1 saturated heterocycles. The van der Waals surface area contributed by atoms with Crippen LogP contribution < -0.4 is 14.5 Å². The van der Waals surface area contributed by atoms with Gasteiger partial charge in [0.1, 0.15) is 17.3 Å². The summed E-state index contributed by atoms with van der Waals surface area (Å²) in [5.74, 6) is 0.292. The summed E-state index contributed by atoms with van der Waals surface area (Å²) in [6.07, 6.45) is 3.71. The highest BCUT2D eigenvalue weighted by Crippen LogP contribution is 2.33. The monoisotopic (exact) mass is 448 g/mol. The van der Waals surface area contributed by atoms with E-state index < -0.39 is 0 Å². The summed E-state index contributed by atoms with van der Waals surface area (Å²) in [4.78, 5) is 23.2. The molecular formula is C26H29FN4O2. The van der Waals surface area contributed by atoms with E-state index in [-0.39, 0.29) is 17.8 Å². The van der Waals surface area contributed by atoms with Gasteiger partial charge in [-0.3, -0.25) is 9.69 Å². The number of fused-ring (bicyclic) bond motifs is 1. The zero-order valence-corrected chi connectivity index (χ0v) is 18.8. The summed E-state index contributed by atoms with van der Waals surface area (Å²) in [6.45, 7) is 4.24. The number of H-pyrrole nitrogens is 1. The van der Waals surface area contributed by atoms with Crippen LogP contribution in [-0.2, 0) is 6.42 Å². The molecule has 1 fully saturated rings. The van der Waals surface area contributed by atoms with Crippen molar-refractivity contribution in [3.05, 3.63) is 77.9 Å². The number of aryl methyl sites for hydroxylation is 1. The number of nitrogens with one attached hydrogen (secondary N) is 1. The Balaban J connectivity index is 1.30. The number of para-hydroxylation sites is 1. The van der Waals surface area contributed by atoms with E-state index >= 15 is 0 Å². The lowest BCUT2D eigenvalue weighted by Gasteiger charge is -2.42. The van der Waals surface area contributed by atoms with Gasteiger partial charge in [-0.2, -0.15) is 0 Å². The van der Waals surface area contributed by atoms with Gasteiger partial charge in [-0.25, -0.2) is 4.39 Å².